The summed E-state index contributed by atoms with van der Waals surface area (Å²) in [6.45, 7) is 0.853. The van der Waals surface area contributed by atoms with E-state index < -0.39 is 5.82 Å². The molecule has 0 bridgehead atoms. The minimum atomic E-state index is -0.441. The number of anilines is 1. The lowest BCUT2D eigenvalue weighted by atomic mass is 10.3. The van der Waals surface area contributed by atoms with E-state index in [0.29, 0.717) is 23.7 Å². The van der Waals surface area contributed by atoms with Crippen LogP contribution >= 0.6 is 11.8 Å². The van der Waals surface area contributed by atoms with E-state index in [2.05, 4.69) is 5.32 Å². The summed E-state index contributed by atoms with van der Waals surface area (Å²) in [6, 6.07) is 3.72. The van der Waals surface area contributed by atoms with Gasteiger partial charge in [-0.1, -0.05) is 0 Å². The Morgan fingerprint density at radius 3 is 2.89 bits per heavy atom. The van der Waals surface area contributed by atoms with Crippen LogP contribution in [0.2, 0.25) is 0 Å². The second-order valence-corrected chi connectivity index (χ2v) is 4.84. The van der Waals surface area contributed by atoms with Crippen molar-refractivity contribution in [2.45, 2.75) is 4.90 Å². The molecule has 0 aromatic heterocycles. The van der Waals surface area contributed by atoms with E-state index in [-0.39, 0.29) is 17.7 Å². The first-order chi connectivity index (χ1) is 8.56. The van der Waals surface area contributed by atoms with E-state index in [4.69, 9.17) is 5.73 Å². The Hall–Kier alpha value is -1.76. The average Bonchev–Trinajstić information content (AvgIpc) is 2.71. The van der Waals surface area contributed by atoms with Gasteiger partial charge in [0.25, 0.3) is 0 Å². The van der Waals surface area contributed by atoms with E-state index >= 15 is 0 Å². The number of urea groups is 1. The van der Waals surface area contributed by atoms with E-state index in [1.807, 2.05) is 0 Å². The van der Waals surface area contributed by atoms with Gasteiger partial charge in [0.2, 0.25) is 5.91 Å². The Balaban J connectivity index is 1.95. The normalized spacial score (nSPS) is 14.7. The number of thioether (sulfide) groups is 1. The van der Waals surface area contributed by atoms with Crippen LogP contribution in [0, 0.1) is 5.82 Å². The summed E-state index contributed by atoms with van der Waals surface area (Å²) in [4.78, 5) is 24.7. The maximum absolute atomic E-state index is 13.1. The predicted molar refractivity (Wildman–Crippen MR) is 66.6 cm³/mol. The molecule has 1 fully saturated rings. The smallest absolute Gasteiger partial charge is 0.324 e. The molecule has 7 heteroatoms. The first-order valence-corrected chi connectivity index (χ1v) is 6.32. The lowest BCUT2D eigenvalue weighted by molar-refractivity contribution is -0.124. The van der Waals surface area contributed by atoms with Crippen molar-refractivity contribution >= 4 is 29.4 Å². The topological polar surface area (TPSA) is 75.4 Å². The van der Waals surface area contributed by atoms with Gasteiger partial charge in [-0.25, -0.2) is 9.18 Å². The van der Waals surface area contributed by atoms with Gasteiger partial charge in [0.15, 0.2) is 0 Å². The van der Waals surface area contributed by atoms with E-state index in [1.54, 1.807) is 6.07 Å². The van der Waals surface area contributed by atoms with Crippen LogP contribution in [-0.2, 0) is 4.79 Å². The van der Waals surface area contributed by atoms with Gasteiger partial charge in [-0.3, -0.25) is 9.69 Å². The number of hydrogen-bond donors (Lipinski definition) is 2. The number of carbonyl (C=O) groups excluding carboxylic acids is 2. The van der Waals surface area contributed by atoms with Crippen LogP contribution in [0.3, 0.4) is 0 Å². The number of amides is 3. The number of hydrogen-bond acceptors (Lipinski definition) is 4. The number of halogens is 1. The number of nitrogens with two attached hydrogens (primary N) is 1. The minimum absolute atomic E-state index is 0.0797. The van der Waals surface area contributed by atoms with Crippen LogP contribution in [0.5, 0.6) is 0 Å². The van der Waals surface area contributed by atoms with Gasteiger partial charge >= 0.3 is 6.03 Å². The fraction of sp³-hybridized carbons (Fsp3) is 0.273. The van der Waals surface area contributed by atoms with Crippen LogP contribution in [0.1, 0.15) is 0 Å². The molecule has 1 aromatic rings. The fourth-order valence-corrected chi connectivity index (χ4v) is 2.46. The highest BCUT2D eigenvalue weighted by atomic mass is 32.2. The number of benzene rings is 1. The number of nitrogens with one attached hydrogen (secondary N) is 1. The Labute approximate surface area is 108 Å². The lowest BCUT2D eigenvalue weighted by Crippen LogP contribution is -2.35. The maximum Gasteiger partial charge on any atom is 0.324 e. The van der Waals surface area contributed by atoms with Crippen molar-refractivity contribution in [3.63, 3.8) is 0 Å². The Morgan fingerprint density at radius 1 is 1.50 bits per heavy atom. The van der Waals surface area contributed by atoms with Gasteiger partial charge in [0.1, 0.15) is 5.82 Å². The summed E-state index contributed by atoms with van der Waals surface area (Å²) < 4.78 is 13.1. The summed E-state index contributed by atoms with van der Waals surface area (Å²) in [7, 11) is 0. The monoisotopic (exact) mass is 269 g/mol. The fourth-order valence-electron chi connectivity index (χ4n) is 1.60. The van der Waals surface area contributed by atoms with Crippen LogP contribution in [0.25, 0.3) is 0 Å². The zero-order chi connectivity index (χ0) is 13.1. The molecule has 3 N–H and O–H groups in total. The second-order valence-electron chi connectivity index (χ2n) is 3.79. The summed E-state index contributed by atoms with van der Waals surface area (Å²) in [5.74, 6) is -0.655. The molecule has 0 saturated carbocycles. The molecule has 1 aromatic carbocycles. The van der Waals surface area contributed by atoms with Crippen LogP contribution < -0.4 is 11.1 Å². The number of nitrogens with zero attached hydrogens (tertiary/aromatic N) is 1. The molecule has 1 aliphatic rings. The SMILES string of the molecule is Nc1cc(F)cc(SCC(=O)N2CCNC2=O)c1. The van der Waals surface area contributed by atoms with Crippen LogP contribution in [0.4, 0.5) is 14.9 Å². The molecule has 3 amide bonds. The van der Waals surface area contributed by atoms with Crippen LogP contribution in [-0.4, -0.2) is 35.7 Å². The number of nitrogen functional groups attached to an aromatic ring is 1. The van der Waals surface area contributed by atoms with Crippen molar-refractivity contribution in [3.8, 4) is 0 Å². The van der Waals surface area contributed by atoms with E-state index in [9.17, 15) is 14.0 Å². The third-order valence-corrected chi connectivity index (χ3v) is 3.37. The van der Waals surface area contributed by atoms with Gasteiger partial charge in [-0.2, -0.15) is 0 Å². The van der Waals surface area contributed by atoms with Crippen LogP contribution in [0.15, 0.2) is 23.1 Å². The van der Waals surface area contributed by atoms with Gasteiger partial charge in [-0.05, 0) is 18.2 Å². The Morgan fingerprint density at radius 2 is 2.28 bits per heavy atom. The van der Waals surface area contributed by atoms with Crippen molar-refractivity contribution in [2.75, 3.05) is 24.6 Å². The first kappa shape index (κ1) is 12.7. The Kier molecular flexibility index (Phi) is 3.71. The third kappa shape index (κ3) is 2.92. The highest BCUT2D eigenvalue weighted by molar-refractivity contribution is 8.00. The van der Waals surface area contributed by atoms with Crippen molar-refractivity contribution < 1.29 is 14.0 Å². The molecule has 96 valence electrons. The van der Waals surface area contributed by atoms with Gasteiger partial charge in [-0.15, -0.1) is 11.8 Å². The van der Waals surface area contributed by atoms with Gasteiger partial charge in [0.05, 0.1) is 5.75 Å². The molecule has 2 rings (SSSR count). The number of carbonyl (C=O) groups is 2. The van der Waals surface area contributed by atoms with Crippen molar-refractivity contribution in [1.29, 1.82) is 0 Å². The van der Waals surface area contributed by atoms with Gasteiger partial charge in [0, 0.05) is 23.7 Å². The quantitative estimate of drug-likeness (QED) is 0.635. The molecule has 0 atom stereocenters. The van der Waals surface area contributed by atoms with Crippen molar-refractivity contribution in [3.05, 3.63) is 24.0 Å². The van der Waals surface area contributed by atoms with Crippen molar-refractivity contribution in [2.24, 2.45) is 0 Å². The highest BCUT2D eigenvalue weighted by Gasteiger charge is 2.25. The summed E-state index contributed by atoms with van der Waals surface area (Å²) in [6.07, 6.45) is 0. The Bertz CT molecular complexity index is 475. The molecule has 5 nitrogen and oxygen atoms in total. The van der Waals surface area contributed by atoms with E-state index in [0.717, 1.165) is 16.7 Å². The molecular formula is C11H12FN3O2S. The largest absolute Gasteiger partial charge is 0.399 e. The van der Waals surface area contributed by atoms with Crippen molar-refractivity contribution in [1.82, 2.24) is 10.2 Å². The maximum atomic E-state index is 13.1. The molecule has 0 spiro atoms. The molecule has 0 aliphatic carbocycles. The zero-order valence-corrected chi connectivity index (χ0v) is 10.3. The highest BCUT2D eigenvalue weighted by Crippen LogP contribution is 2.22. The minimum Gasteiger partial charge on any atom is -0.399 e. The predicted octanol–water partition coefficient (Wildman–Crippen LogP) is 1.05. The van der Waals surface area contributed by atoms with Gasteiger partial charge < -0.3 is 11.1 Å². The zero-order valence-electron chi connectivity index (χ0n) is 9.48. The molecule has 18 heavy (non-hydrogen) atoms. The molecule has 1 aliphatic heterocycles. The lowest BCUT2D eigenvalue weighted by Gasteiger charge is -2.11. The standard InChI is InChI=1S/C11H12FN3O2S/c12-7-3-8(13)5-9(4-7)18-6-10(16)15-2-1-14-11(15)17/h3-5H,1-2,6,13H2,(H,14,17). The number of rotatable bonds is 3. The molecule has 1 saturated heterocycles. The number of imide groups is 1. The molecule has 1 heterocycles. The molecule has 0 unspecified atom stereocenters. The second kappa shape index (κ2) is 5.26. The molecular weight excluding hydrogens is 257 g/mol. The summed E-state index contributed by atoms with van der Waals surface area (Å²) in [5.41, 5.74) is 5.81. The van der Waals surface area contributed by atoms with E-state index in [1.165, 1.54) is 12.1 Å². The summed E-state index contributed by atoms with van der Waals surface area (Å²) >= 11 is 1.15. The molecule has 0 radical (unpaired) electrons. The third-order valence-electron chi connectivity index (χ3n) is 2.41. The summed E-state index contributed by atoms with van der Waals surface area (Å²) in [5, 5.41) is 2.54. The average molecular weight is 269 g/mol. The first-order valence-electron chi connectivity index (χ1n) is 5.33.